The molecule has 1 aliphatic heterocycles. The number of nitrogens with one attached hydrogen (secondary N) is 1. The Morgan fingerprint density at radius 3 is 2.57 bits per heavy atom. The van der Waals surface area contributed by atoms with Crippen LogP contribution in [0.5, 0.6) is 11.5 Å². The summed E-state index contributed by atoms with van der Waals surface area (Å²) >= 11 is 6.09. The van der Waals surface area contributed by atoms with Gasteiger partial charge in [0.25, 0.3) is 11.8 Å². The Balaban J connectivity index is 1.49. The fourth-order valence-electron chi connectivity index (χ4n) is 3.60. The summed E-state index contributed by atoms with van der Waals surface area (Å²) < 4.78 is 11.4. The van der Waals surface area contributed by atoms with Crippen molar-refractivity contribution in [3.8, 4) is 17.6 Å². The number of hydrazone groups is 1. The van der Waals surface area contributed by atoms with E-state index in [-0.39, 0.29) is 18.4 Å². The Labute approximate surface area is 219 Å². The first-order chi connectivity index (χ1) is 17.9. The van der Waals surface area contributed by atoms with Gasteiger partial charge in [-0.25, -0.2) is 0 Å². The highest BCUT2D eigenvalue weighted by atomic mass is 35.5. The number of hydrogen-bond donors (Lipinski definition) is 1. The molecule has 9 heteroatoms. The number of anilines is 2. The Kier molecular flexibility index (Phi) is 7.86. The maximum atomic E-state index is 13.1. The van der Waals surface area contributed by atoms with Gasteiger partial charge in [-0.1, -0.05) is 29.8 Å². The molecule has 3 aromatic rings. The van der Waals surface area contributed by atoms with E-state index in [4.69, 9.17) is 26.3 Å². The Morgan fingerprint density at radius 2 is 1.86 bits per heavy atom. The number of halogens is 1. The fourth-order valence-corrected chi connectivity index (χ4v) is 3.78. The van der Waals surface area contributed by atoms with Crippen LogP contribution in [0.15, 0.2) is 77.4 Å². The predicted molar refractivity (Wildman–Crippen MR) is 143 cm³/mol. The van der Waals surface area contributed by atoms with Crippen LogP contribution < -0.4 is 19.8 Å². The number of ether oxygens (including phenoxy) is 2. The van der Waals surface area contributed by atoms with Gasteiger partial charge in [0.05, 0.1) is 45.9 Å². The van der Waals surface area contributed by atoms with E-state index in [1.807, 2.05) is 6.92 Å². The average Bonchev–Trinajstić information content (AvgIpc) is 3.18. The number of benzene rings is 3. The minimum absolute atomic E-state index is 0.241. The molecule has 0 fully saturated rings. The van der Waals surface area contributed by atoms with Gasteiger partial charge in [-0.05, 0) is 74.0 Å². The molecule has 37 heavy (non-hydrogen) atoms. The lowest BCUT2D eigenvalue weighted by Gasteiger charge is -2.13. The van der Waals surface area contributed by atoms with Crippen molar-refractivity contribution in [2.24, 2.45) is 5.10 Å². The first-order valence-corrected chi connectivity index (χ1v) is 11.8. The van der Waals surface area contributed by atoms with Crippen molar-refractivity contribution >= 4 is 46.6 Å². The molecule has 0 spiro atoms. The van der Waals surface area contributed by atoms with Crippen LogP contribution in [-0.2, 0) is 9.59 Å². The third kappa shape index (κ3) is 5.97. The summed E-state index contributed by atoms with van der Waals surface area (Å²) in [6.07, 6.45) is 1.72. The molecule has 0 saturated carbocycles. The zero-order chi connectivity index (χ0) is 26.4. The number of hydrogen-bond acceptors (Lipinski definition) is 6. The molecule has 0 atom stereocenters. The molecule has 0 unspecified atom stereocenters. The molecule has 0 aliphatic carbocycles. The van der Waals surface area contributed by atoms with Crippen molar-refractivity contribution < 1.29 is 19.1 Å². The van der Waals surface area contributed by atoms with Crippen molar-refractivity contribution in [1.82, 2.24) is 0 Å². The molecule has 2 amide bonds. The zero-order valence-corrected chi connectivity index (χ0v) is 21.0. The molecule has 8 nitrogen and oxygen atoms in total. The molecule has 0 aromatic heterocycles. The van der Waals surface area contributed by atoms with Crippen molar-refractivity contribution in [2.45, 2.75) is 13.8 Å². The molecule has 4 rings (SSSR count). The number of para-hydroxylation sites is 1. The summed E-state index contributed by atoms with van der Waals surface area (Å²) in [7, 11) is 0. The van der Waals surface area contributed by atoms with Crippen LogP contribution in [-0.4, -0.2) is 30.7 Å². The van der Waals surface area contributed by atoms with E-state index in [2.05, 4.69) is 16.5 Å². The van der Waals surface area contributed by atoms with Gasteiger partial charge in [0, 0.05) is 0 Å². The van der Waals surface area contributed by atoms with Crippen LogP contribution in [0.1, 0.15) is 25.0 Å². The van der Waals surface area contributed by atoms with Crippen molar-refractivity contribution in [1.29, 1.82) is 5.26 Å². The quantitative estimate of drug-likeness (QED) is 0.403. The second-order valence-electron chi connectivity index (χ2n) is 7.97. The Morgan fingerprint density at radius 1 is 1.11 bits per heavy atom. The minimum Gasteiger partial charge on any atom is -0.490 e. The van der Waals surface area contributed by atoms with Gasteiger partial charge < -0.3 is 14.8 Å². The third-order valence-electron chi connectivity index (χ3n) is 5.39. The van der Waals surface area contributed by atoms with Crippen molar-refractivity contribution in [2.75, 3.05) is 23.5 Å². The van der Waals surface area contributed by atoms with Crippen molar-refractivity contribution in [3.63, 3.8) is 0 Å². The van der Waals surface area contributed by atoms with E-state index < -0.39 is 0 Å². The molecule has 1 heterocycles. The summed E-state index contributed by atoms with van der Waals surface area (Å²) in [6.45, 7) is 3.74. The zero-order valence-electron chi connectivity index (χ0n) is 20.2. The summed E-state index contributed by atoms with van der Waals surface area (Å²) in [5, 5.41) is 17.8. The average molecular weight is 515 g/mol. The first kappa shape index (κ1) is 25.5. The van der Waals surface area contributed by atoms with Crippen LogP contribution in [0.25, 0.3) is 6.08 Å². The fraction of sp³-hybridized carbons (Fsp3) is 0.143. The van der Waals surface area contributed by atoms with E-state index in [0.29, 0.717) is 56.9 Å². The molecule has 1 aliphatic rings. The van der Waals surface area contributed by atoms with Crippen LogP contribution in [0, 0.1) is 11.3 Å². The standard InChI is InChI=1S/C28H23ClN4O4/c1-3-36-26-15-20(10-13-25(26)37-17-27(34)31-24-7-5-4-6-23(24)29)14-22-18(2)32-33(28(22)35)21-11-8-19(16-30)9-12-21/h4-15H,3,17H2,1-2H3,(H,31,34). The van der Waals surface area contributed by atoms with Gasteiger partial charge >= 0.3 is 0 Å². The SMILES string of the molecule is CCOc1cc(C=C2C(=O)N(c3ccc(C#N)cc3)N=C2C)ccc1OCC(=O)Nc1ccccc1Cl. The second-order valence-corrected chi connectivity index (χ2v) is 8.38. The molecular weight excluding hydrogens is 492 g/mol. The highest BCUT2D eigenvalue weighted by molar-refractivity contribution is 6.33. The van der Waals surface area contributed by atoms with E-state index >= 15 is 0 Å². The first-order valence-electron chi connectivity index (χ1n) is 11.5. The highest BCUT2D eigenvalue weighted by Gasteiger charge is 2.28. The Hall–Kier alpha value is -4.61. The molecule has 0 radical (unpaired) electrons. The minimum atomic E-state index is -0.368. The lowest BCUT2D eigenvalue weighted by atomic mass is 10.1. The normalized spacial score (nSPS) is 13.8. The number of nitrogens with zero attached hydrogens (tertiary/aromatic N) is 3. The van der Waals surface area contributed by atoms with E-state index in [1.54, 1.807) is 79.7 Å². The largest absolute Gasteiger partial charge is 0.490 e. The van der Waals surface area contributed by atoms with Crippen LogP contribution in [0.2, 0.25) is 5.02 Å². The number of carbonyl (C=O) groups excluding carboxylic acids is 2. The third-order valence-corrected chi connectivity index (χ3v) is 5.72. The second kappa shape index (κ2) is 11.4. The topological polar surface area (TPSA) is 104 Å². The van der Waals surface area contributed by atoms with Gasteiger partial charge in [-0.3, -0.25) is 9.59 Å². The Bertz CT molecular complexity index is 1440. The lowest BCUT2D eigenvalue weighted by Crippen LogP contribution is -2.21. The number of nitriles is 1. The summed E-state index contributed by atoms with van der Waals surface area (Å²) in [6, 6.07) is 20.8. The smallest absolute Gasteiger partial charge is 0.280 e. The van der Waals surface area contributed by atoms with Gasteiger partial charge in [-0.15, -0.1) is 0 Å². The predicted octanol–water partition coefficient (Wildman–Crippen LogP) is 5.43. The van der Waals surface area contributed by atoms with Crippen molar-refractivity contribution in [3.05, 3.63) is 88.5 Å². The number of amides is 2. The van der Waals surface area contributed by atoms with Crippen LogP contribution in [0.3, 0.4) is 0 Å². The number of carbonyl (C=O) groups is 2. The summed E-state index contributed by atoms with van der Waals surface area (Å²) in [5.74, 6) is 0.178. The molecule has 0 bridgehead atoms. The maximum Gasteiger partial charge on any atom is 0.280 e. The molecule has 3 aromatic carbocycles. The van der Waals surface area contributed by atoms with E-state index in [1.165, 1.54) is 5.01 Å². The lowest BCUT2D eigenvalue weighted by molar-refractivity contribution is -0.118. The molecular formula is C28H23ClN4O4. The number of rotatable bonds is 8. The van der Waals surface area contributed by atoms with Crippen LogP contribution in [0.4, 0.5) is 11.4 Å². The summed E-state index contributed by atoms with van der Waals surface area (Å²) in [5.41, 5.74) is 3.26. The molecule has 0 saturated heterocycles. The monoisotopic (exact) mass is 514 g/mol. The van der Waals surface area contributed by atoms with E-state index in [0.717, 1.165) is 0 Å². The van der Waals surface area contributed by atoms with Gasteiger partial charge in [0.1, 0.15) is 0 Å². The maximum absolute atomic E-state index is 13.1. The van der Waals surface area contributed by atoms with E-state index in [9.17, 15) is 9.59 Å². The highest BCUT2D eigenvalue weighted by Crippen LogP contribution is 2.31. The van der Waals surface area contributed by atoms with Gasteiger partial charge in [-0.2, -0.15) is 15.4 Å². The summed E-state index contributed by atoms with van der Waals surface area (Å²) in [4.78, 5) is 25.4. The van der Waals surface area contributed by atoms with Gasteiger partial charge in [0.2, 0.25) is 0 Å². The molecule has 186 valence electrons. The molecule has 1 N–H and O–H groups in total. The van der Waals surface area contributed by atoms with Crippen LogP contribution >= 0.6 is 11.6 Å². The van der Waals surface area contributed by atoms with Gasteiger partial charge in [0.15, 0.2) is 18.1 Å².